The third kappa shape index (κ3) is 3.43. The molecule has 0 radical (unpaired) electrons. The van der Waals surface area contributed by atoms with Crippen molar-refractivity contribution in [2.24, 2.45) is 17.8 Å². The van der Waals surface area contributed by atoms with Crippen LogP contribution in [0.5, 0.6) is 0 Å². The second kappa shape index (κ2) is 6.28. The van der Waals surface area contributed by atoms with Crippen molar-refractivity contribution < 1.29 is 19.1 Å². The zero-order valence-electron chi connectivity index (χ0n) is 12.6. The lowest BCUT2D eigenvalue weighted by atomic mass is 9.95. The van der Waals surface area contributed by atoms with Crippen molar-refractivity contribution in [2.45, 2.75) is 46.1 Å². The molecular formula is C15H22N2O4. The van der Waals surface area contributed by atoms with E-state index in [0.717, 1.165) is 6.42 Å². The molecule has 1 fully saturated rings. The number of nitrogens with one attached hydrogen (secondary N) is 1. The highest BCUT2D eigenvalue weighted by molar-refractivity contribution is 5.85. The molecule has 2 rings (SSSR count). The van der Waals surface area contributed by atoms with Crippen molar-refractivity contribution in [3.05, 3.63) is 17.8 Å². The first-order valence-electron chi connectivity index (χ1n) is 7.37. The third-order valence-corrected chi connectivity index (χ3v) is 4.26. The van der Waals surface area contributed by atoms with Crippen molar-refractivity contribution in [1.29, 1.82) is 0 Å². The highest BCUT2D eigenvalue weighted by Crippen LogP contribution is 2.38. The van der Waals surface area contributed by atoms with E-state index in [2.05, 4.69) is 10.3 Å². The summed E-state index contributed by atoms with van der Waals surface area (Å²) in [4.78, 5) is 27.8. The number of nitrogens with zero attached hydrogens (tertiary/aromatic N) is 1. The molecule has 1 amide bonds. The average Bonchev–Trinajstić information content (AvgIpc) is 3.04. The fraction of sp³-hybridized carbons (Fsp3) is 0.667. The van der Waals surface area contributed by atoms with Crippen molar-refractivity contribution in [1.82, 2.24) is 10.3 Å². The summed E-state index contributed by atoms with van der Waals surface area (Å²) in [5.74, 6) is -0.729. The van der Waals surface area contributed by atoms with E-state index in [1.165, 1.54) is 0 Å². The Morgan fingerprint density at radius 2 is 2.14 bits per heavy atom. The van der Waals surface area contributed by atoms with E-state index in [-0.39, 0.29) is 11.9 Å². The van der Waals surface area contributed by atoms with Crippen LogP contribution in [0.1, 0.15) is 50.8 Å². The normalized spacial score (nSPS) is 26.5. The predicted octanol–water partition coefficient (Wildman–Crippen LogP) is 2.30. The molecule has 0 aromatic carbocycles. The molecule has 0 bridgehead atoms. The number of carboxylic acid groups (broad SMARTS) is 1. The lowest BCUT2D eigenvalue weighted by Crippen LogP contribution is -2.36. The molecule has 0 saturated heterocycles. The summed E-state index contributed by atoms with van der Waals surface area (Å²) in [5.41, 5.74) is 0. The van der Waals surface area contributed by atoms with Crippen LogP contribution in [0.3, 0.4) is 0 Å². The van der Waals surface area contributed by atoms with Crippen LogP contribution in [-0.4, -0.2) is 22.0 Å². The number of aliphatic carboxylic acids is 1. The summed E-state index contributed by atoms with van der Waals surface area (Å²) < 4.78 is 5.38. The van der Waals surface area contributed by atoms with Gasteiger partial charge in [0, 0.05) is 0 Å². The van der Waals surface area contributed by atoms with Crippen LogP contribution in [0.15, 0.2) is 10.6 Å². The summed E-state index contributed by atoms with van der Waals surface area (Å²) in [6.07, 6.45) is 3.72. The molecule has 1 saturated carbocycles. The number of hydrogen-bond donors (Lipinski definition) is 2. The van der Waals surface area contributed by atoms with E-state index in [9.17, 15) is 14.7 Å². The number of carbonyl (C=O) groups is 2. The number of carbonyl (C=O) groups excluding carboxylic acids is 1. The summed E-state index contributed by atoms with van der Waals surface area (Å²) in [6.45, 7) is 5.60. The Morgan fingerprint density at radius 3 is 2.67 bits per heavy atom. The molecule has 6 heteroatoms. The number of hydrogen-bond acceptors (Lipinski definition) is 4. The van der Waals surface area contributed by atoms with Crippen LogP contribution in [-0.2, 0) is 9.59 Å². The lowest BCUT2D eigenvalue weighted by Gasteiger charge is -2.18. The predicted molar refractivity (Wildman–Crippen MR) is 75.4 cm³/mol. The average molecular weight is 294 g/mol. The van der Waals surface area contributed by atoms with Crippen molar-refractivity contribution in [3.63, 3.8) is 0 Å². The zero-order chi connectivity index (χ0) is 15.6. The second-order valence-electron chi connectivity index (χ2n) is 5.84. The zero-order valence-corrected chi connectivity index (χ0v) is 12.6. The molecule has 2 N–H and O–H groups in total. The summed E-state index contributed by atoms with van der Waals surface area (Å²) in [5, 5.41) is 12.1. The number of rotatable bonds is 5. The molecule has 4 atom stereocenters. The molecule has 1 aromatic heterocycles. The Bertz CT molecular complexity index is 525. The van der Waals surface area contributed by atoms with E-state index in [1.54, 1.807) is 20.0 Å². The Hall–Kier alpha value is -1.85. The molecule has 1 aromatic rings. The van der Waals surface area contributed by atoms with Gasteiger partial charge in [-0.15, -0.1) is 0 Å². The number of amides is 1. The Labute approximate surface area is 123 Å². The van der Waals surface area contributed by atoms with Gasteiger partial charge in [-0.25, -0.2) is 4.98 Å². The topological polar surface area (TPSA) is 92.4 Å². The highest BCUT2D eigenvalue weighted by atomic mass is 16.4. The fourth-order valence-electron chi connectivity index (χ4n) is 2.99. The summed E-state index contributed by atoms with van der Waals surface area (Å²) in [7, 11) is 0. The number of carboxylic acids is 1. The number of aryl methyl sites for hydroxylation is 1. The monoisotopic (exact) mass is 294 g/mol. The fourth-order valence-corrected chi connectivity index (χ4v) is 2.99. The van der Waals surface area contributed by atoms with Crippen LogP contribution >= 0.6 is 0 Å². The largest absolute Gasteiger partial charge is 0.481 e. The second-order valence-corrected chi connectivity index (χ2v) is 5.84. The van der Waals surface area contributed by atoms with Crippen LogP contribution in [0.2, 0.25) is 0 Å². The van der Waals surface area contributed by atoms with Gasteiger partial charge in [0.05, 0.1) is 18.0 Å². The maximum absolute atomic E-state index is 12.4. The van der Waals surface area contributed by atoms with E-state index in [1.807, 2.05) is 6.92 Å². The summed E-state index contributed by atoms with van der Waals surface area (Å²) >= 11 is 0. The molecule has 1 heterocycles. The van der Waals surface area contributed by atoms with E-state index in [0.29, 0.717) is 30.4 Å². The molecule has 116 valence electrons. The van der Waals surface area contributed by atoms with Crippen LogP contribution < -0.4 is 5.32 Å². The number of aromatic nitrogens is 1. The maximum Gasteiger partial charge on any atom is 0.307 e. The van der Waals surface area contributed by atoms with Gasteiger partial charge in [-0.2, -0.15) is 0 Å². The molecule has 0 spiro atoms. The molecule has 4 unspecified atom stereocenters. The Kier molecular flexibility index (Phi) is 4.65. The highest BCUT2D eigenvalue weighted by Gasteiger charge is 2.42. The Morgan fingerprint density at radius 1 is 1.48 bits per heavy atom. The van der Waals surface area contributed by atoms with Crippen LogP contribution in [0, 0.1) is 24.7 Å². The van der Waals surface area contributed by atoms with Gasteiger partial charge in [-0.1, -0.05) is 13.3 Å². The maximum atomic E-state index is 12.4. The van der Waals surface area contributed by atoms with Crippen molar-refractivity contribution in [3.8, 4) is 0 Å². The third-order valence-electron chi connectivity index (χ3n) is 4.26. The number of oxazole rings is 1. The van der Waals surface area contributed by atoms with Gasteiger partial charge in [0.1, 0.15) is 11.8 Å². The first-order chi connectivity index (χ1) is 9.92. The minimum absolute atomic E-state index is 0.221. The van der Waals surface area contributed by atoms with Crippen LogP contribution in [0.4, 0.5) is 0 Å². The van der Waals surface area contributed by atoms with Gasteiger partial charge in [0.25, 0.3) is 0 Å². The van der Waals surface area contributed by atoms with Gasteiger partial charge in [-0.3, -0.25) is 9.59 Å². The molecule has 6 nitrogen and oxygen atoms in total. The van der Waals surface area contributed by atoms with Gasteiger partial charge in [0.15, 0.2) is 0 Å². The van der Waals surface area contributed by atoms with E-state index in [4.69, 9.17) is 4.42 Å². The lowest BCUT2D eigenvalue weighted by molar-refractivity contribution is -0.146. The molecule has 0 aliphatic heterocycles. The molecule has 1 aliphatic rings. The minimum atomic E-state index is -0.884. The standard InChI is InChI=1S/C15H22N2O4/c1-4-10-5-11(12(6-10)15(19)20)13(18)17-9(3)14-16-7-8(2)21-14/h7,9-12H,4-6H2,1-3H3,(H,17,18)(H,19,20). The van der Waals surface area contributed by atoms with Crippen molar-refractivity contribution in [2.75, 3.05) is 0 Å². The molecule has 21 heavy (non-hydrogen) atoms. The van der Waals surface area contributed by atoms with Gasteiger partial charge < -0.3 is 14.8 Å². The SMILES string of the molecule is CCC1CC(C(=O)O)C(C(=O)NC(C)c2ncc(C)o2)C1. The first-order valence-corrected chi connectivity index (χ1v) is 7.37. The first kappa shape index (κ1) is 15.5. The molecule has 1 aliphatic carbocycles. The van der Waals surface area contributed by atoms with E-state index < -0.39 is 17.8 Å². The van der Waals surface area contributed by atoms with Gasteiger partial charge in [0.2, 0.25) is 11.8 Å². The van der Waals surface area contributed by atoms with E-state index >= 15 is 0 Å². The van der Waals surface area contributed by atoms with Gasteiger partial charge >= 0.3 is 5.97 Å². The quantitative estimate of drug-likeness (QED) is 0.869. The van der Waals surface area contributed by atoms with Crippen molar-refractivity contribution >= 4 is 11.9 Å². The van der Waals surface area contributed by atoms with Crippen LogP contribution in [0.25, 0.3) is 0 Å². The Balaban J connectivity index is 2.03. The molecular weight excluding hydrogens is 272 g/mol. The summed E-state index contributed by atoms with van der Waals surface area (Å²) in [6, 6.07) is -0.360. The smallest absolute Gasteiger partial charge is 0.307 e. The van der Waals surface area contributed by atoms with Gasteiger partial charge in [-0.05, 0) is 32.6 Å². The minimum Gasteiger partial charge on any atom is -0.481 e.